The van der Waals surface area contributed by atoms with Gasteiger partial charge in [-0.05, 0) is 75.1 Å². The quantitative estimate of drug-likeness (QED) is 0.666. The summed E-state index contributed by atoms with van der Waals surface area (Å²) in [7, 11) is 0. The van der Waals surface area contributed by atoms with Crippen LogP contribution in [0.25, 0.3) is 0 Å². The molecule has 0 fully saturated rings. The number of hydrogen-bond acceptors (Lipinski definition) is 0. The maximum absolute atomic E-state index is 14.0. The summed E-state index contributed by atoms with van der Waals surface area (Å²) in [4.78, 5) is 0. The fraction of sp³-hybridized carbons (Fsp3) is 0.600. The highest BCUT2D eigenvalue weighted by Crippen LogP contribution is 2.36. The Kier molecular flexibility index (Phi) is 2.81. The molecule has 0 amide bonds. The van der Waals surface area contributed by atoms with Crippen LogP contribution in [-0.4, -0.2) is 5.67 Å². The first kappa shape index (κ1) is 11.6. The number of rotatable bonds is 1. The number of benzene rings is 1. The van der Waals surface area contributed by atoms with E-state index in [1.807, 2.05) is 0 Å². The Labute approximate surface area is 97.9 Å². The van der Waals surface area contributed by atoms with Crippen molar-refractivity contribution in [1.82, 2.24) is 0 Å². The van der Waals surface area contributed by atoms with Crippen molar-refractivity contribution in [2.75, 3.05) is 0 Å². The van der Waals surface area contributed by atoms with E-state index < -0.39 is 5.67 Å². The van der Waals surface area contributed by atoms with Gasteiger partial charge in [-0.2, -0.15) is 0 Å². The highest BCUT2D eigenvalue weighted by molar-refractivity contribution is 5.41. The zero-order valence-corrected chi connectivity index (χ0v) is 10.7. The number of alkyl halides is 1. The maximum Gasteiger partial charge on any atom is 0.108 e. The molecule has 1 aromatic rings. The largest absolute Gasteiger partial charge is 0.244 e. The average Bonchev–Trinajstić information content (AvgIpc) is 2.22. The lowest BCUT2D eigenvalue weighted by atomic mass is 9.75. The monoisotopic (exact) mass is 220 g/mol. The molecular weight excluding hydrogens is 199 g/mol. The van der Waals surface area contributed by atoms with Gasteiger partial charge in [0.05, 0.1) is 0 Å². The van der Waals surface area contributed by atoms with Crippen LogP contribution in [0.5, 0.6) is 0 Å². The maximum atomic E-state index is 14.0. The zero-order chi connectivity index (χ0) is 11.9. The second-order valence-electron chi connectivity index (χ2n) is 5.65. The highest BCUT2D eigenvalue weighted by Gasteiger charge is 2.32. The van der Waals surface area contributed by atoms with Crippen molar-refractivity contribution in [2.24, 2.45) is 5.92 Å². The smallest absolute Gasteiger partial charge is 0.108 e. The van der Waals surface area contributed by atoms with Crippen molar-refractivity contribution in [3.05, 3.63) is 34.4 Å². The minimum Gasteiger partial charge on any atom is -0.244 e. The van der Waals surface area contributed by atoms with E-state index in [1.54, 1.807) is 13.8 Å². The Morgan fingerprint density at radius 3 is 2.56 bits per heavy atom. The molecule has 0 heterocycles. The molecule has 0 aliphatic heterocycles. The fourth-order valence-corrected chi connectivity index (χ4v) is 2.71. The molecule has 0 saturated carbocycles. The van der Waals surface area contributed by atoms with Crippen LogP contribution in [0.1, 0.15) is 42.5 Å². The van der Waals surface area contributed by atoms with Gasteiger partial charge in [-0.3, -0.25) is 0 Å². The standard InChI is InChI=1S/C15H21F/c1-10-5-6-12-7-8-13(15(3,4)16)9-14(12)11(10)2/h5-6,13H,7-9H2,1-4H3. The summed E-state index contributed by atoms with van der Waals surface area (Å²) in [5.41, 5.74) is 4.49. The highest BCUT2D eigenvalue weighted by atomic mass is 19.1. The Hall–Kier alpha value is -0.850. The van der Waals surface area contributed by atoms with E-state index in [4.69, 9.17) is 0 Å². The Balaban J connectivity index is 2.36. The van der Waals surface area contributed by atoms with Crippen molar-refractivity contribution in [3.63, 3.8) is 0 Å². The molecule has 1 unspecified atom stereocenters. The van der Waals surface area contributed by atoms with Crippen molar-refractivity contribution in [3.8, 4) is 0 Å². The minimum absolute atomic E-state index is 0.181. The van der Waals surface area contributed by atoms with E-state index in [0.717, 1.165) is 19.3 Å². The molecule has 0 nitrogen and oxygen atoms in total. The third-order valence-corrected chi connectivity index (χ3v) is 4.15. The van der Waals surface area contributed by atoms with E-state index in [-0.39, 0.29) is 5.92 Å². The molecule has 1 aromatic carbocycles. The second-order valence-corrected chi connectivity index (χ2v) is 5.65. The summed E-state index contributed by atoms with van der Waals surface area (Å²) >= 11 is 0. The lowest BCUT2D eigenvalue weighted by molar-refractivity contribution is 0.113. The molecule has 2 rings (SSSR count). The molecule has 0 saturated heterocycles. The molecular formula is C15H21F. The van der Waals surface area contributed by atoms with Crippen molar-refractivity contribution >= 4 is 0 Å². The minimum atomic E-state index is -1.05. The summed E-state index contributed by atoms with van der Waals surface area (Å²) in [5, 5.41) is 0. The molecule has 1 atom stereocenters. The van der Waals surface area contributed by atoms with Gasteiger partial charge < -0.3 is 0 Å². The fourth-order valence-electron chi connectivity index (χ4n) is 2.71. The van der Waals surface area contributed by atoms with Gasteiger partial charge in [-0.15, -0.1) is 0 Å². The summed E-state index contributed by atoms with van der Waals surface area (Å²) in [6.07, 6.45) is 2.93. The normalized spacial score (nSPS) is 20.7. The van der Waals surface area contributed by atoms with E-state index in [2.05, 4.69) is 26.0 Å². The van der Waals surface area contributed by atoms with Crippen molar-refractivity contribution in [1.29, 1.82) is 0 Å². The van der Waals surface area contributed by atoms with Gasteiger partial charge in [-0.25, -0.2) is 4.39 Å². The average molecular weight is 220 g/mol. The summed E-state index contributed by atoms with van der Waals surface area (Å²) < 4.78 is 14.0. The molecule has 16 heavy (non-hydrogen) atoms. The second kappa shape index (κ2) is 3.87. The van der Waals surface area contributed by atoms with Crippen LogP contribution in [0, 0.1) is 19.8 Å². The SMILES string of the molecule is Cc1ccc2c(c1C)CC(C(C)(C)F)CC2. The van der Waals surface area contributed by atoms with Crippen LogP contribution in [-0.2, 0) is 12.8 Å². The molecule has 0 radical (unpaired) electrons. The van der Waals surface area contributed by atoms with Crippen molar-refractivity contribution < 1.29 is 4.39 Å². The lowest BCUT2D eigenvalue weighted by Gasteiger charge is -2.33. The summed E-state index contributed by atoms with van der Waals surface area (Å²) in [6, 6.07) is 4.41. The molecule has 0 spiro atoms. The lowest BCUT2D eigenvalue weighted by Crippen LogP contribution is -2.31. The van der Waals surface area contributed by atoms with Gasteiger partial charge >= 0.3 is 0 Å². The van der Waals surface area contributed by atoms with Gasteiger partial charge in [0.2, 0.25) is 0 Å². The molecule has 0 aromatic heterocycles. The molecule has 0 N–H and O–H groups in total. The van der Waals surface area contributed by atoms with Crippen LogP contribution in [0.4, 0.5) is 4.39 Å². The number of hydrogen-bond donors (Lipinski definition) is 0. The van der Waals surface area contributed by atoms with Gasteiger partial charge in [0.25, 0.3) is 0 Å². The number of aryl methyl sites for hydroxylation is 2. The number of fused-ring (bicyclic) bond motifs is 1. The molecule has 0 bridgehead atoms. The molecule has 1 aliphatic carbocycles. The topological polar surface area (TPSA) is 0 Å². The zero-order valence-electron chi connectivity index (χ0n) is 10.7. The Morgan fingerprint density at radius 2 is 1.94 bits per heavy atom. The first-order valence-corrected chi connectivity index (χ1v) is 6.16. The first-order chi connectivity index (χ1) is 7.39. The van der Waals surface area contributed by atoms with E-state index >= 15 is 0 Å². The predicted octanol–water partition coefficient (Wildman–Crippen LogP) is 4.16. The number of halogens is 1. The third-order valence-electron chi connectivity index (χ3n) is 4.15. The van der Waals surface area contributed by atoms with Crippen LogP contribution < -0.4 is 0 Å². The summed E-state index contributed by atoms with van der Waals surface area (Å²) in [5.74, 6) is 0.181. The van der Waals surface area contributed by atoms with Gasteiger partial charge in [-0.1, -0.05) is 12.1 Å². The van der Waals surface area contributed by atoms with E-state index in [9.17, 15) is 4.39 Å². The van der Waals surface area contributed by atoms with Crippen molar-refractivity contribution in [2.45, 2.75) is 52.6 Å². The molecule has 88 valence electrons. The van der Waals surface area contributed by atoms with E-state index in [0.29, 0.717) is 0 Å². The predicted molar refractivity (Wildman–Crippen MR) is 66.6 cm³/mol. The Bertz CT molecular complexity index is 399. The van der Waals surface area contributed by atoms with Crippen LogP contribution in [0.3, 0.4) is 0 Å². The molecule has 1 aliphatic rings. The first-order valence-electron chi connectivity index (χ1n) is 6.16. The third kappa shape index (κ3) is 2.00. The van der Waals surface area contributed by atoms with Crippen LogP contribution in [0.15, 0.2) is 12.1 Å². The summed E-state index contributed by atoms with van der Waals surface area (Å²) in [6.45, 7) is 7.74. The van der Waals surface area contributed by atoms with Crippen LogP contribution >= 0.6 is 0 Å². The van der Waals surface area contributed by atoms with E-state index in [1.165, 1.54) is 22.3 Å². The Morgan fingerprint density at radius 1 is 1.25 bits per heavy atom. The van der Waals surface area contributed by atoms with Crippen LogP contribution in [0.2, 0.25) is 0 Å². The van der Waals surface area contributed by atoms with Gasteiger partial charge in [0.1, 0.15) is 5.67 Å². The molecule has 1 heteroatoms. The van der Waals surface area contributed by atoms with Gasteiger partial charge in [0.15, 0.2) is 0 Å². The van der Waals surface area contributed by atoms with Gasteiger partial charge in [0, 0.05) is 0 Å².